The molecule has 1 aromatic carbocycles. The minimum absolute atomic E-state index is 0.124. The van der Waals surface area contributed by atoms with Gasteiger partial charge in [-0.25, -0.2) is 4.79 Å². The average Bonchev–Trinajstić information content (AvgIpc) is 2.32. The van der Waals surface area contributed by atoms with Crippen LogP contribution in [0.5, 0.6) is 0 Å². The quantitative estimate of drug-likeness (QED) is 0.670. The zero-order valence-corrected chi connectivity index (χ0v) is 10.6. The topological polar surface area (TPSA) is 78.4 Å². The Bertz CT molecular complexity index is 444. The molecule has 0 fully saturated rings. The fourth-order valence-corrected chi connectivity index (χ4v) is 1.59. The van der Waals surface area contributed by atoms with Crippen molar-refractivity contribution in [1.82, 2.24) is 5.32 Å². The molecular formula is C13H18N2O3. The zero-order chi connectivity index (χ0) is 13.5. The lowest BCUT2D eigenvalue weighted by molar-refractivity contribution is -0.116. The molecule has 1 rings (SSSR count). The van der Waals surface area contributed by atoms with Crippen molar-refractivity contribution < 1.29 is 14.7 Å². The molecule has 0 aliphatic rings. The number of carbonyl (C=O) groups is 2. The lowest BCUT2D eigenvalue weighted by Crippen LogP contribution is -2.21. The number of hydrogen-bond donors (Lipinski definition) is 3. The summed E-state index contributed by atoms with van der Waals surface area (Å²) in [6.07, 6.45) is 0.366. The van der Waals surface area contributed by atoms with Crippen molar-refractivity contribution in [3.05, 3.63) is 29.3 Å². The third kappa shape index (κ3) is 3.85. The Balaban J connectivity index is 2.70. The maximum absolute atomic E-state index is 11.6. The number of carbonyl (C=O) groups excluding carboxylic acids is 1. The molecule has 0 aliphatic carbocycles. The summed E-state index contributed by atoms with van der Waals surface area (Å²) in [6, 6.07) is 4.84. The number of anilines is 1. The van der Waals surface area contributed by atoms with E-state index in [0.717, 1.165) is 6.54 Å². The molecule has 1 aromatic rings. The SMILES string of the molecule is CCNCCC(=O)Nc1cccc(C(=O)O)c1C. The van der Waals surface area contributed by atoms with Gasteiger partial charge in [0.15, 0.2) is 0 Å². The van der Waals surface area contributed by atoms with Gasteiger partial charge < -0.3 is 15.7 Å². The second kappa shape index (κ2) is 6.76. The van der Waals surface area contributed by atoms with Crippen LogP contribution >= 0.6 is 0 Å². The van der Waals surface area contributed by atoms with Crippen LogP contribution < -0.4 is 10.6 Å². The van der Waals surface area contributed by atoms with Gasteiger partial charge in [0.05, 0.1) is 5.56 Å². The van der Waals surface area contributed by atoms with Crippen molar-refractivity contribution in [2.75, 3.05) is 18.4 Å². The van der Waals surface area contributed by atoms with Gasteiger partial charge in [-0.1, -0.05) is 13.0 Å². The van der Waals surface area contributed by atoms with Crippen LogP contribution in [0, 0.1) is 6.92 Å². The smallest absolute Gasteiger partial charge is 0.336 e. The first-order valence-electron chi connectivity index (χ1n) is 5.89. The van der Waals surface area contributed by atoms with Crippen LogP contribution in [0.3, 0.4) is 0 Å². The summed E-state index contributed by atoms with van der Waals surface area (Å²) in [6.45, 7) is 5.09. The van der Waals surface area contributed by atoms with E-state index >= 15 is 0 Å². The highest BCUT2D eigenvalue weighted by molar-refractivity contribution is 5.96. The molecule has 0 saturated heterocycles. The molecule has 5 nitrogen and oxygen atoms in total. The molecule has 0 aliphatic heterocycles. The Labute approximate surface area is 106 Å². The lowest BCUT2D eigenvalue weighted by Gasteiger charge is -2.10. The molecule has 5 heteroatoms. The van der Waals surface area contributed by atoms with Crippen LogP contribution in [0.15, 0.2) is 18.2 Å². The molecule has 0 heterocycles. The molecule has 0 unspecified atom stereocenters. The molecule has 18 heavy (non-hydrogen) atoms. The van der Waals surface area contributed by atoms with Gasteiger partial charge in [-0.3, -0.25) is 4.79 Å². The molecule has 0 radical (unpaired) electrons. The van der Waals surface area contributed by atoms with Gasteiger partial charge >= 0.3 is 5.97 Å². The highest BCUT2D eigenvalue weighted by atomic mass is 16.4. The number of carboxylic acids is 1. The monoisotopic (exact) mass is 250 g/mol. The first-order valence-corrected chi connectivity index (χ1v) is 5.89. The first kappa shape index (κ1) is 14.2. The molecule has 1 amide bonds. The predicted molar refractivity (Wildman–Crippen MR) is 69.9 cm³/mol. The van der Waals surface area contributed by atoms with Crippen LogP contribution in [0.25, 0.3) is 0 Å². The molecule has 0 spiro atoms. The van der Waals surface area contributed by atoms with Crippen molar-refractivity contribution in [2.45, 2.75) is 20.3 Å². The van der Waals surface area contributed by atoms with E-state index in [1.165, 1.54) is 6.07 Å². The number of hydrogen-bond acceptors (Lipinski definition) is 3. The molecular weight excluding hydrogens is 232 g/mol. The Morgan fingerprint density at radius 3 is 2.67 bits per heavy atom. The molecule has 0 bridgehead atoms. The number of nitrogens with one attached hydrogen (secondary N) is 2. The minimum atomic E-state index is -0.990. The Morgan fingerprint density at radius 1 is 1.33 bits per heavy atom. The normalized spacial score (nSPS) is 10.1. The van der Waals surface area contributed by atoms with E-state index in [1.807, 2.05) is 6.92 Å². The summed E-state index contributed by atoms with van der Waals surface area (Å²) in [7, 11) is 0. The average molecular weight is 250 g/mol. The van der Waals surface area contributed by atoms with Gasteiger partial charge in [-0.05, 0) is 31.2 Å². The highest BCUT2D eigenvalue weighted by Crippen LogP contribution is 2.18. The van der Waals surface area contributed by atoms with Crippen molar-refractivity contribution in [2.24, 2.45) is 0 Å². The van der Waals surface area contributed by atoms with E-state index in [4.69, 9.17) is 5.11 Å². The number of rotatable bonds is 6. The van der Waals surface area contributed by atoms with Crippen LogP contribution in [0.4, 0.5) is 5.69 Å². The third-order valence-electron chi connectivity index (χ3n) is 2.62. The van der Waals surface area contributed by atoms with Crippen molar-refractivity contribution in [3.8, 4) is 0 Å². The summed E-state index contributed by atoms with van der Waals surface area (Å²) in [4.78, 5) is 22.6. The number of carboxylic acid groups (broad SMARTS) is 1. The molecule has 0 aromatic heterocycles. The van der Waals surface area contributed by atoms with Crippen molar-refractivity contribution in [1.29, 1.82) is 0 Å². The van der Waals surface area contributed by atoms with E-state index in [2.05, 4.69) is 10.6 Å². The summed E-state index contributed by atoms with van der Waals surface area (Å²) in [5.74, 6) is -1.11. The Kier molecular flexibility index (Phi) is 5.32. The zero-order valence-electron chi connectivity index (χ0n) is 10.6. The van der Waals surface area contributed by atoms with Crippen molar-refractivity contribution in [3.63, 3.8) is 0 Å². The van der Waals surface area contributed by atoms with E-state index < -0.39 is 5.97 Å². The van der Waals surface area contributed by atoms with Crippen LogP contribution in [-0.4, -0.2) is 30.1 Å². The van der Waals surface area contributed by atoms with Crippen LogP contribution in [0.2, 0.25) is 0 Å². The number of amides is 1. The van der Waals surface area contributed by atoms with Crippen molar-refractivity contribution >= 4 is 17.6 Å². The largest absolute Gasteiger partial charge is 0.478 e. The van der Waals surface area contributed by atoms with Crippen LogP contribution in [-0.2, 0) is 4.79 Å². The van der Waals surface area contributed by atoms with E-state index in [-0.39, 0.29) is 11.5 Å². The molecule has 0 saturated carbocycles. The second-order valence-electron chi connectivity index (χ2n) is 3.94. The maximum Gasteiger partial charge on any atom is 0.336 e. The van der Waals surface area contributed by atoms with Gasteiger partial charge in [0.25, 0.3) is 0 Å². The fourth-order valence-electron chi connectivity index (χ4n) is 1.59. The molecule has 98 valence electrons. The third-order valence-corrected chi connectivity index (χ3v) is 2.62. The summed E-state index contributed by atoms with van der Waals surface area (Å²) in [5, 5.41) is 14.8. The number of aromatic carboxylic acids is 1. The van der Waals surface area contributed by atoms with E-state index in [0.29, 0.717) is 24.2 Å². The van der Waals surface area contributed by atoms with E-state index in [9.17, 15) is 9.59 Å². The first-order chi connectivity index (χ1) is 8.56. The lowest BCUT2D eigenvalue weighted by atomic mass is 10.1. The van der Waals surface area contributed by atoms with Gasteiger partial charge in [0, 0.05) is 18.7 Å². The number of benzene rings is 1. The van der Waals surface area contributed by atoms with Gasteiger partial charge in [0.2, 0.25) is 5.91 Å². The van der Waals surface area contributed by atoms with Gasteiger partial charge in [0.1, 0.15) is 0 Å². The van der Waals surface area contributed by atoms with Gasteiger partial charge in [-0.15, -0.1) is 0 Å². The second-order valence-corrected chi connectivity index (χ2v) is 3.94. The molecule has 3 N–H and O–H groups in total. The molecule has 0 atom stereocenters. The minimum Gasteiger partial charge on any atom is -0.478 e. The Morgan fingerprint density at radius 2 is 2.06 bits per heavy atom. The summed E-state index contributed by atoms with van der Waals surface area (Å²) < 4.78 is 0. The standard InChI is InChI=1S/C13H18N2O3/c1-3-14-8-7-12(16)15-11-6-4-5-10(9(11)2)13(17)18/h4-6,14H,3,7-8H2,1-2H3,(H,15,16)(H,17,18). The fraction of sp³-hybridized carbons (Fsp3) is 0.385. The van der Waals surface area contributed by atoms with Crippen LogP contribution in [0.1, 0.15) is 29.3 Å². The summed E-state index contributed by atoms with van der Waals surface area (Å²) >= 11 is 0. The van der Waals surface area contributed by atoms with Gasteiger partial charge in [-0.2, -0.15) is 0 Å². The maximum atomic E-state index is 11.6. The van der Waals surface area contributed by atoms with E-state index in [1.54, 1.807) is 19.1 Å². The Hall–Kier alpha value is -1.88. The highest BCUT2D eigenvalue weighted by Gasteiger charge is 2.11. The predicted octanol–water partition coefficient (Wildman–Crippen LogP) is 1.63. The summed E-state index contributed by atoms with van der Waals surface area (Å²) in [5.41, 5.74) is 1.33.